The molecule has 1 aromatic carbocycles. The first-order chi connectivity index (χ1) is 8.58. The molecule has 0 unspecified atom stereocenters. The van der Waals surface area contributed by atoms with Gasteiger partial charge in [0.2, 0.25) is 0 Å². The highest BCUT2D eigenvalue weighted by molar-refractivity contribution is 5.75. The largest absolute Gasteiger partial charge is 0.481 e. The van der Waals surface area contributed by atoms with Gasteiger partial charge in [-0.05, 0) is 45.4 Å². The van der Waals surface area contributed by atoms with Gasteiger partial charge >= 0.3 is 5.97 Å². The molecule has 0 fully saturated rings. The molecule has 2 N–H and O–H groups in total. The summed E-state index contributed by atoms with van der Waals surface area (Å²) in [6.07, 6.45) is 0. The smallest absolute Gasteiger partial charge is 0.310 e. The van der Waals surface area contributed by atoms with Crippen LogP contribution in [0.3, 0.4) is 0 Å². The summed E-state index contributed by atoms with van der Waals surface area (Å²) in [6.45, 7) is 7.03. The minimum atomic E-state index is -0.994. The van der Waals surface area contributed by atoms with Gasteiger partial charge in [0.25, 0.3) is 0 Å². The van der Waals surface area contributed by atoms with Crippen LogP contribution in [0.25, 0.3) is 0 Å². The Kier molecular flexibility index (Phi) is 4.30. The number of halogens is 2. The van der Waals surface area contributed by atoms with Crippen molar-refractivity contribution in [3.63, 3.8) is 0 Å². The highest BCUT2D eigenvalue weighted by Crippen LogP contribution is 2.31. The van der Waals surface area contributed by atoms with Crippen molar-refractivity contribution >= 4 is 5.97 Å². The van der Waals surface area contributed by atoms with E-state index in [1.54, 1.807) is 27.7 Å². The molecule has 106 valence electrons. The molecule has 0 aliphatic heterocycles. The van der Waals surface area contributed by atoms with Crippen LogP contribution in [0.1, 0.15) is 33.3 Å². The summed E-state index contributed by atoms with van der Waals surface area (Å²) in [5.41, 5.74) is -1.14. The van der Waals surface area contributed by atoms with Gasteiger partial charge in [-0.15, -0.1) is 0 Å². The molecule has 1 aromatic rings. The second kappa shape index (κ2) is 5.25. The molecule has 19 heavy (non-hydrogen) atoms. The summed E-state index contributed by atoms with van der Waals surface area (Å²) >= 11 is 0. The van der Waals surface area contributed by atoms with E-state index in [2.05, 4.69) is 5.32 Å². The second-order valence-corrected chi connectivity index (χ2v) is 5.66. The molecule has 3 nitrogen and oxygen atoms in total. The summed E-state index contributed by atoms with van der Waals surface area (Å²) in [6, 6.07) is 3.63. The van der Waals surface area contributed by atoms with Gasteiger partial charge in [-0.3, -0.25) is 4.79 Å². The Bertz CT molecular complexity index is 484. The van der Waals surface area contributed by atoms with Gasteiger partial charge in [-0.2, -0.15) is 0 Å². The molecule has 0 aliphatic rings. The predicted octanol–water partition coefficient (Wildman–Crippen LogP) is 2.94. The van der Waals surface area contributed by atoms with Crippen molar-refractivity contribution in [1.82, 2.24) is 5.32 Å². The van der Waals surface area contributed by atoms with Gasteiger partial charge in [-0.1, -0.05) is 6.07 Å². The predicted molar refractivity (Wildman–Crippen MR) is 68.7 cm³/mol. The monoisotopic (exact) mass is 271 g/mol. The van der Waals surface area contributed by atoms with E-state index in [9.17, 15) is 18.7 Å². The molecule has 5 heteroatoms. The van der Waals surface area contributed by atoms with Crippen molar-refractivity contribution in [1.29, 1.82) is 0 Å². The first-order valence-corrected chi connectivity index (χ1v) is 6.00. The lowest BCUT2D eigenvalue weighted by molar-refractivity contribution is -0.151. The molecule has 0 aliphatic carbocycles. The zero-order valence-electron chi connectivity index (χ0n) is 11.6. The standard InChI is InChI=1S/C14H19F2NO2/c1-13(2,12(18)19)14(3,4)17-8-9-5-6-10(15)11(16)7-9/h5-7,17H,8H2,1-4H3,(H,18,19). The Morgan fingerprint density at radius 1 is 1.21 bits per heavy atom. The molecule has 1 rings (SSSR count). The van der Waals surface area contributed by atoms with E-state index in [0.29, 0.717) is 5.56 Å². The van der Waals surface area contributed by atoms with Crippen molar-refractivity contribution < 1.29 is 18.7 Å². The van der Waals surface area contributed by atoms with E-state index in [4.69, 9.17) is 0 Å². The zero-order chi connectivity index (χ0) is 14.8. The number of carboxylic acid groups (broad SMARTS) is 1. The lowest BCUT2D eigenvalue weighted by atomic mass is 9.74. The van der Waals surface area contributed by atoms with Crippen LogP contribution in [0.2, 0.25) is 0 Å². The third-order valence-corrected chi connectivity index (χ3v) is 3.82. The molecular weight excluding hydrogens is 252 g/mol. The molecule has 0 aromatic heterocycles. The number of hydrogen-bond donors (Lipinski definition) is 2. The quantitative estimate of drug-likeness (QED) is 0.865. The number of carbonyl (C=O) groups is 1. The number of benzene rings is 1. The fourth-order valence-corrected chi connectivity index (χ4v) is 1.46. The highest BCUT2D eigenvalue weighted by Gasteiger charge is 2.42. The van der Waals surface area contributed by atoms with Crippen molar-refractivity contribution in [3.05, 3.63) is 35.4 Å². The average Bonchev–Trinajstić information content (AvgIpc) is 2.30. The maximum Gasteiger partial charge on any atom is 0.310 e. The van der Waals surface area contributed by atoms with Crippen molar-refractivity contribution in [2.45, 2.75) is 39.8 Å². The van der Waals surface area contributed by atoms with Crippen LogP contribution in [-0.4, -0.2) is 16.6 Å². The lowest BCUT2D eigenvalue weighted by Gasteiger charge is -2.39. The molecule has 0 atom stereocenters. The zero-order valence-corrected chi connectivity index (χ0v) is 11.6. The SMILES string of the molecule is CC(C)(NCc1ccc(F)c(F)c1)C(C)(C)C(=O)O. The first-order valence-electron chi connectivity index (χ1n) is 6.00. The molecule has 0 saturated carbocycles. The maximum atomic E-state index is 13.1. The topological polar surface area (TPSA) is 49.3 Å². The van der Waals surface area contributed by atoms with Crippen molar-refractivity contribution in [3.8, 4) is 0 Å². The van der Waals surface area contributed by atoms with Gasteiger partial charge in [-0.25, -0.2) is 8.78 Å². The van der Waals surface area contributed by atoms with Gasteiger partial charge in [0, 0.05) is 12.1 Å². The highest BCUT2D eigenvalue weighted by atomic mass is 19.2. The minimum Gasteiger partial charge on any atom is -0.481 e. The third-order valence-electron chi connectivity index (χ3n) is 3.82. The third kappa shape index (κ3) is 3.29. The van der Waals surface area contributed by atoms with E-state index >= 15 is 0 Å². The van der Waals surface area contributed by atoms with Gasteiger partial charge < -0.3 is 10.4 Å². The Balaban J connectivity index is 2.80. The summed E-state index contributed by atoms with van der Waals surface area (Å²) in [7, 11) is 0. The van der Waals surface area contributed by atoms with E-state index in [-0.39, 0.29) is 6.54 Å². The van der Waals surface area contributed by atoms with E-state index in [0.717, 1.165) is 12.1 Å². The van der Waals surface area contributed by atoms with Crippen LogP contribution >= 0.6 is 0 Å². The van der Waals surface area contributed by atoms with Crippen molar-refractivity contribution in [2.75, 3.05) is 0 Å². The van der Waals surface area contributed by atoms with Crippen LogP contribution in [0.5, 0.6) is 0 Å². The fraction of sp³-hybridized carbons (Fsp3) is 0.500. The fourth-order valence-electron chi connectivity index (χ4n) is 1.46. The Labute approximate surface area is 111 Å². The Hall–Kier alpha value is -1.49. The number of nitrogens with one attached hydrogen (secondary N) is 1. The number of rotatable bonds is 5. The molecule has 0 spiro atoms. The summed E-state index contributed by atoms with van der Waals surface area (Å²) in [4.78, 5) is 11.2. The van der Waals surface area contributed by atoms with Gasteiger partial charge in [0.15, 0.2) is 11.6 Å². The van der Waals surface area contributed by atoms with Crippen LogP contribution in [0.4, 0.5) is 8.78 Å². The molecule has 0 bridgehead atoms. The molecule has 0 amide bonds. The Morgan fingerprint density at radius 2 is 1.79 bits per heavy atom. The van der Waals surface area contributed by atoms with E-state index in [1.807, 2.05) is 0 Å². The second-order valence-electron chi connectivity index (χ2n) is 5.66. The van der Waals surface area contributed by atoms with Crippen LogP contribution in [0, 0.1) is 17.0 Å². The van der Waals surface area contributed by atoms with Crippen LogP contribution in [0.15, 0.2) is 18.2 Å². The molecule has 0 heterocycles. The molecule has 0 saturated heterocycles. The van der Waals surface area contributed by atoms with E-state index < -0.39 is 28.6 Å². The number of hydrogen-bond acceptors (Lipinski definition) is 2. The lowest BCUT2D eigenvalue weighted by Crippen LogP contribution is -2.54. The average molecular weight is 271 g/mol. The molecule has 0 radical (unpaired) electrons. The van der Waals surface area contributed by atoms with Crippen molar-refractivity contribution in [2.24, 2.45) is 5.41 Å². The number of carboxylic acids is 1. The van der Waals surface area contributed by atoms with E-state index in [1.165, 1.54) is 6.07 Å². The van der Waals surface area contributed by atoms with Crippen LogP contribution < -0.4 is 5.32 Å². The Morgan fingerprint density at radius 3 is 2.26 bits per heavy atom. The van der Waals surface area contributed by atoms with Gasteiger partial charge in [0.1, 0.15) is 0 Å². The minimum absolute atomic E-state index is 0.265. The summed E-state index contributed by atoms with van der Waals surface area (Å²) in [5, 5.41) is 12.3. The van der Waals surface area contributed by atoms with Gasteiger partial charge in [0.05, 0.1) is 5.41 Å². The maximum absolute atomic E-state index is 13.1. The first kappa shape index (κ1) is 15.6. The normalized spacial score (nSPS) is 12.5. The van der Waals surface area contributed by atoms with Crippen LogP contribution in [-0.2, 0) is 11.3 Å². The summed E-state index contributed by atoms with van der Waals surface area (Å²) in [5.74, 6) is -2.72. The summed E-state index contributed by atoms with van der Waals surface area (Å²) < 4.78 is 25.9. The number of aliphatic carboxylic acids is 1. The molecular formula is C14H19F2NO2.